The summed E-state index contributed by atoms with van der Waals surface area (Å²) in [5.41, 5.74) is 0.707. The Labute approximate surface area is 122 Å². The number of carbonyl (C=O) groups is 1. The van der Waals surface area contributed by atoms with Gasteiger partial charge in [0.2, 0.25) is 5.91 Å². The molecule has 0 saturated carbocycles. The first-order chi connectivity index (χ1) is 8.90. The van der Waals surface area contributed by atoms with Gasteiger partial charge in [0.05, 0.1) is 19.1 Å². The van der Waals surface area contributed by atoms with E-state index in [-0.39, 0.29) is 11.9 Å². The molecule has 1 atom stereocenters. The van der Waals surface area contributed by atoms with Gasteiger partial charge in [0.25, 0.3) is 0 Å². The van der Waals surface area contributed by atoms with Crippen LogP contribution in [0.1, 0.15) is 38.9 Å². The number of hydrogen-bond donors (Lipinski definition) is 2. The molecule has 0 aliphatic rings. The number of rotatable bonds is 6. The van der Waals surface area contributed by atoms with Crippen molar-refractivity contribution >= 4 is 21.8 Å². The molecule has 2 N–H and O–H groups in total. The first-order valence-electron chi connectivity index (χ1n) is 6.30. The fourth-order valence-corrected chi connectivity index (χ4v) is 2.00. The lowest BCUT2D eigenvalue weighted by atomic mass is 10.1. The monoisotopic (exact) mass is 329 g/mol. The van der Waals surface area contributed by atoms with Crippen molar-refractivity contribution < 1.29 is 14.6 Å². The molecule has 1 aromatic rings. The number of amides is 1. The second kappa shape index (κ2) is 7.50. The zero-order valence-electron chi connectivity index (χ0n) is 11.4. The summed E-state index contributed by atoms with van der Waals surface area (Å²) < 4.78 is 6.45. The van der Waals surface area contributed by atoms with Crippen molar-refractivity contribution in [3.05, 3.63) is 28.2 Å². The molecule has 5 heteroatoms. The van der Waals surface area contributed by atoms with E-state index in [1.165, 1.54) is 0 Å². The number of hydrogen-bond acceptors (Lipinski definition) is 3. The maximum Gasteiger partial charge on any atom is 0.223 e. The summed E-state index contributed by atoms with van der Waals surface area (Å²) in [7, 11) is 0. The highest BCUT2D eigenvalue weighted by Gasteiger charge is 2.10. The van der Waals surface area contributed by atoms with Gasteiger partial charge in [0.15, 0.2) is 0 Å². The molecule has 1 aromatic carbocycles. The fraction of sp³-hybridized carbons (Fsp3) is 0.500. The molecular weight excluding hydrogens is 310 g/mol. The summed E-state index contributed by atoms with van der Waals surface area (Å²) in [5, 5.41) is 12.5. The molecule has 1 rings (SSSR count). The molecule has 0 aromatic heterocycles. The minimum atomic E-state index is -0.614. The predicted molar refractivity (Wildman–Crippen MR) is 78.2 cm³/mol. The second-order valence-corrected chi connectivity index (χ2v) is 5.59. The Balaban J connectivity index is 2.56. The van der Waals surface area contributed by atoms with Crippen molar-refractivity contribution in [2.75, 3.05) is 6.61 Å². The third-order valence-corrected chi connectivity index (χ3v) is 2.95. The first kappa shape index (κ1) is 16.0. The first-order valence-corrected chi connectivity index (χ1v) is 7.09. The molecule has 0 radical (unpaired) electrons. The van der Waals surface area contributed by atoms with E-state index in [0.717, 1.165) is 4.47 Å². The van der Waals surface area contributed by atoms with Crippen molar-refractivity contribution in [2.45, 2.75) is 39.3 Å². The molecule has 106 valence electrons. The molecule has 0 aliphatic carbocycles. The van der Waals surface area contributed by atoms with Gasteiger partial charge in [-0.25, -0.2) is 0 Å². The third kappa shape index (κ3) is 5.61. The minimum absolute atomic E-state index is 0.0364. The lowest BCUT2D eigenvalue weighted by Crippen LogP contribution is -2.31. The van der Waals surface area contributed by atoms with Crippen LogP contribution in [0.15, 0.2) is 22.7 Å². The summed E-state index contributed by atoms with van der Waals surface area (Å²) >= 11 is 3.35. The van der Waals surface area contributed by atoms with Gasteiger partial charge < -0.3 is 15.2 Å². The average molecular weight is 330 g/mol. The van der Waals surface area contributed by atoms with Crippen LogP contribution in [0, 0.1) is 0 Å². The van der Waals surface area contributed by atoms with Gasteiger partial charge >= 0.3 is 0 Å². The molecule has 0 bridgehead atoms. The summed E-state index contributed by atoms with van der Waals surface area (Å²) in [6.07, 6.45) is -0.315. The van der Waals surface area contributed by atoms with E-state index in [9.17, 15) is 9.90 Å². The minimum Gasteiger partial charge on any atom is -0.493 e. The highest BCUT2D eigenvalue weighted by Crippen LogP contribution is 2.28. The van der Waals surface area contributed by atoms with Crippen LogP contribution < -0.4 is 10.1 Å². The van der Waals surface area contributed by atoms with Crippen molar-refractivity contribution in [3.8, 4) is 5.75 Å². The van der Waals surface area contributed by atoms with Crippen LogP contribution in [-0.4, -0.2) is 23.7 Å². The van der Waals surface area contributed by atoms with Gasteiger partial charge in [-0.1, -0.05) is 15.9 Å². The quantitative estimate of drug-likeness (QED) is 0.843. The van der Waals surface area contributed by atoms with Crippen molar-refractivity contribution in [1.29, 1.82) is 0 Å². The Morgan fingerprint density at radius 1 is 1.42 bits per heavy atom. The summed E-state index contributed by atoms with van der Waals surface area (Å²) in [5.74, 6) is 0.571. The standard InChI is InChI=1S/C14H20BrNO3/c1-9(2)16-14(18)6-7-19-13-5-4-11(15)8-12(13)10(3)17/h4-5,8-10,17H,6-7H2,1-3H3,(H,16,18). The number of aliphatic hydroxyl groups is 1. The summed E-state index contributed by atoms with van der Waals surface area (Å²) in [4.78, 5) is 11.5. The topological polar surface area (TPSA) is 58.6 Å². The maximum atomic E-state index is 11.5. The average Bonchev–Trinajstić information content (AvgIpc) is 2.29. The van der Waals surface area contributed by atoms with Crippen LogP contribution in [0.4, 0.5) is 0 Å². The lowest BCUT2D eigenvalue weighted by Gasteiger charge is -2.14. The van der Waals surface area contributed by atoms with Gasteiger partial charge in [0, 0.05) is 16.1 Å². The summed E-state index contributed by atoms with van der Waals surface area (Å²) in [6.45, 7) is 5.80. The smallest absolute Gasteiger partial charge is 0.223 e. The molecular formula is C14H20BrNO3. The Kier molecular flexibility index (Phi) is 6.31. The second-order valence-electron chi connectivity index (χ2n) is 4.68. The molecule has 4 nitrogen and oxygen atoms in total. The maximum absolute atomic E-state index is 11.5. The van der Waals surface area contributed by atoms with Gasteiger partial charge in [0.1, 0.15) is 5.75 Å². The van der Waals surface area contributed by atoms with Crippen molar-refractivity contribution in [3.63, 3.8) is 0 Å². The molecule has 19 heavy (non-hydrogen) atoms. The molecule has 0 fully saturated rings. The Bertz CT molecular complexity index is 433. The van der Waals surface area contributed by atoms with Crippen LogP contribution in [0.2, 0.25) is 0 Å². The Morgan fingerprint density at radius 3 is 2.68 bits per heavy atom. The van der Waals surface area contributed by atoms with E-state index in [0.29, 0.717) is 24.3 Å². The number of halogens is 1. The van der Waals surface area contributed by atoms with E-state index in [1.54, 1.807) is 13.0 Å². The van der Waals surface area contributed by atoms with Crippen LogP contribution in [0.3, 0.4) is 0 Å². The highest BCUT2D eigenvalue weighted by molar-refractivity contribution is 9.10. The van der Waals surface area contributed by atoms with E-state index in [1.807, 2.05) is 26.0 Å². The van der Waals surface area contributed by atoms with Crippen LogP contribution >= 0.6 is 15.9 Å². The van der Waals surface area contributed by atoms with Crippen LogP contribution in [-0.2, 0) is 4.79 Å². The largest absolute Gasteiger partial charge is 0.493 e. The summed E-state index contributed by atoms with van der Waals surface area (Å²) in [6, 6.07) is 5.57. The zero-order chi connectivity index (χ0) is 14.4. The third-order valence-electron chi connectivity index (χ3n) is 2.46. The van der Waals surface area contributed by atoms with Crippen molar-refractivity contribution in [2.24, 2.45) is 0 Å². The predicted octanol–water partition coefficient (Wildman–Crippen LogP) is 2.80. The zero-order valence-corrected chi connectivity index (χ0v) is 13.0. The normalized spacial score (nSPS) is 12.3. The van der Waals surface area contributed by atoms with E-state index >= 15 is 0 Å². The molecule has 1 unspecified atom stereocenters. The lowest BCUT2D eigenvalue weighted by molar-refractivity contribution is -0.122. The Morgan fingerprint density at radius 2 is 2.11 bits per heavy atom. The number of carbonyl (C=O) groups excluding carboxylic acids is 1. The number of aliphatic hydroxyl groups excluding tert-OH is 1. The van der Waals surface area contributed by atoms with E-state index < -0.39 is 6.10 Å². The van der Waals surface area contributed by atoms with Crippen LogP contribution in [0.25, 0.3) is 0 Å². The van der Waals surface area contributed by atoms with Gasteiger partial charge in [-0.2, -0.15) is 0 Å². The fourth-order valence-electron chi connectivity index (χ4n) is 1.63. The van der Waals surface area contributed by atoms with Gasteiger partial charge in [-0.05, 0) is 39.0 Å². The number of ether oxygens (including phenoxy) is 1. The van der Waals surface area contributed by atoms with Crippen LogP contribution in [0.5, 0.6) is 5.75 Å². The molecule has 0 heterocycles. The van der Waals surface area contributed by atoms with Crippen molar-refractivity contribution in [1.82, 2.24) is 5.32 Å². The van der Waals surface area contributed by atoms with E-state index in [4.69, 9.17) is 4.74 Å². The van der Waals surface area contributed by atoms with Gasteiger partial charge in [-0.15, -0.1) is 0 Å². The highest BCUT2D eigenvalue weighted by atomic mass is 79.9. The van der Waals surface area contributed by atoms with E-state index in [2.05, 4.69) is 21.2 Å². The molecule has 1 amide bonds. The molecule has 0 spiro atoms. The number of benzene rings is 1. The molecule has 0 aliphatic heterocycles. The number of nitrogens with one attached hydrogen (secondary N) is 1. The molecule has 0 saturated heterocycles. The van der Waals surface area contributed by atoms with Gasteiger partial charge in [-0.3, -0.25) is 4.79 Å². The SMILES string of the molecule is CC(C)NC(=O)CCOc1ccc(Br)cc1C(C)O. The Hall–Kier alpha value is -1.07.